The summed E-state index contributed by atoms with van der Waals surface area (Å²) in [4.78, 5) is 13.7. The maximum absolute atomic E-state index is 11.7. The van der Waals surface area contributed by atoms with Gasteiger partial charge < -0.3 is 4.90 Å². The van der Waals surface area contributed by atoms with Crippen LogP contribution in [0.5, 0.6) is 0 Å². The maximum atomic E-state index is 11.7. The molecule has 0 saturated heterocycles. The summed E-state index contributed by atoms with van der Waals surface area (Å²) in [6.45, 7) is 5.93. The van der Waals surface area contributed by atoms with Crippen molar-refractivity contribution in [2.24, 2.45) is 17.8 Å². The number of rotatable bonds is 5. The smallest absolute Gasteiger partial charge is 0.222 e. The molecule has 2 heteroatoms. The van der Waals surface area contributed by atoms with Crippen LogP contribution in [0.4, 0.5) is 0 Å². The predicted octanol–water partition coefficient (Wildman–Crippen LogP) is 3.24. The largest absolute Gasteiger partial charge is 0.343 e. The van der Waals surface area contributed by atoms with Crippen LogP contribution in [0.2, 0.25) is 0 Å². The first kappa shape index (κ1) is 12.7. The fourth-order valence-corrected chi connectivity index (χ4v) is 3.18. The zero-order valence-corrected chi connectivity index (χ0v) is 11.2. The standard InChI is InChI=1S/C15H25NO/c1-3-15(17)16(4-2)11-13-10-14(13)12-8-6-5-7-9-12/h5-6,12-14H,3-4,7-11H2,1-2H3. The van der Waals surface area contributed by atoms with Crippen molar-refractivity contribution in [3.63, 3.8) is 0 Å². The van der Waals surface area contributed by atoms with Gasteiger partial charge in [0.2, 0.25) is 5.91 Å². The van der Waals surface area contributed by atoms with E-state index in [1.807, 2.05) is 11.8 Å². The normalized spacial score (nSPS) is 31.3. The van der Waals surface area contributed by atoms with Gasteiger partial charge in [0, 0.05) is 19.5 Å². The summed E-state index contributed by atoms with van der Waals surface area (Å²) in [6, 6.07) is 0. The summed E-state index contributed by atoms with van der Waals surface area (Å²) >= 11 is 0. The molecular formula is C15H25NO. The molecule has 0 aromatic heterocycles. The fourth-order valence-electron chi connectivity index (χ4n) is 3.18. The van der Waals surface area contributed by atoms with Crippen LogP contribution in [0.15, 0.2) is 12.2 Å². The Hall–Kier alpha value is -0.790. The van der Waals surface area contributed by atoms with Crippen LogP contribution >= 0.6 is 0 Å². The highest BCUT2D eigenvalue weighted by atomic mass is 16.2. The Bertz CT molecular complexity index is 297. The molecule has 3 unspecified atom stereocenters. The molecule has 0 aromatic rings. The van der Waals surface area contributed by atoms with Crippen molar-refractivity contribution in [3.8, 4) is 0 Å². The van der Waals surface area contributed by atoms with E-state index in [0.29, 0.717) is 12.3 Å². The Kier molecular flexibility index (Phi) is 4.25. The van der Waals surface area contributed by atoms with Crippen LogP contribution in [-0.4, -0.2) is 23.9 Å². The quantitative estimate of drug-likeness (QED) is 0.670. The van der Waals surface area contributed by atoms with E-state index in [-0.39, 0.29) is 0 Å². The summed E-state index contributed by atoms with van der Waals surface area (Å²) in [5, 5.41) is 0. The van der Waals surface area contributed by atoms with Gasteiger partial charge in [0.05, 0.1) is 0 Å². The minimum Gasteiger partial charge on any atom is -0.343 e. The van der Waals surface area contributed by atoms with Crippen LogP contribution in [-0.2, 0) is 4.79 Å². The third-order valence-electron chi connectivity index (χ3n) is 4.38. The highest BCUT2D eigenvalue weighted by molar-refractivity contribution is 5.75. The molecule has 0 radical (unpaired) electrons. The zero-order valence-electron chi connectivity index (χ0n) is 11.2. The molecule has 0 aromatic carbocycles. The van der Waals surface area contributed by atoms with E-state index in [4.69, 9.17) is 0 Å². The average Bonchev–Trinajstić information content (AvgIpc) is 3.15. The minimum atomic E-state index is 0.321. The van der Waals surface area contributed by atoms with Crippen molar-refractivity contribution in [2.45, 2.75) is 46.0 Å². The molecule has 0 bridgehead atoms. The summed E-state index contributed by atoms with van der Waals surface area (Å²) < 4.78 is 0. The molecule has 0 heterocycles. The molecule has 17 heavy (non-hydrogen) atoms. The molecule has 2 aliphatic carbocycles. The van der Waals surface area contributed by atoms with Gasteiger partial charge in [-0.1, -0.05) is 19.1 Å². The molecule has 1 saturated carbocycles. The molecule has 2 nitrogen and oxygen atoms in total. The van der Waals surface area contributed by atoms with Crippen LogP contribution in [0.3, 0.4) is 0 Å². The van der Waals surface area contributed by atoms with Gasteiger partial charge in [-0.05, 0) is 50.4 Å². The topological polar surface area (TPSA) is 20.3 Å². The highest BCUT2D eigenvalue weighted by Crippen LogP contribution is 2.48. The van der Waals surface area contributed by atoms with Gasteiger partial charge in [-0.2, -0.15) is 0 Å². The van der Waals surface area contributed by atoms with Gasteiger partial charge in [0.15, 0.2) is 0 Å². The van der Waals surface area contributed by atoms with E-state index in [1.165, 1.54) is 25.7 Å². The van der Waals surface area contributed by atoms with Crippen molar-refractivity contribution in [2.75, 3.05) is 13.1 Å². The number of nitrogens with zero attached hydrogens (tertiary/aromatic N) is 1. The molecule has 1 fully saturated rings. The van der Waals surface area contributed by atoms with Crippen LogP contribution in [0.25, 0.3) is 0 Å². The Morgan fingerprint density at radius 1 is 1.35 bits per heavy atom. The predicted molar refractivity (Wildman–Crippen MR) is 70.6 cm³/mol. The third-order valence-corrected chi connectivity index (χ3v) is 4.38. The van der Waals surface area contributed by atoms with E-state index in [0.717, 1.165) is 30.8 Å². The number of hydrogen-bond acceptors (Lipinski definition) is 1. The first-order valence-corrected chi connectivity index (χ1v) is 7.19. The van der Waals surface area contributed by atoms with E-state index >= 15 is 0 Å². The Morgan fingerprint density at radius 3 is 2.76 bits per heavy atom. The lowest BCUT2D eigenvalue weighted by Gasteiger charge is -2.22. The monoisotopic (exact) mass is 235 g/mol. The van der Waals surface area contributed by atoms with E-state index in [2.05, 4.69) is 19.1 Å². The maximum Gasteiger partial charge on any atom is 0.222 e. The van der Waals surface area contributed by atoms with Gasteiger partial charge in [0.1, 0.15) is 0 Å². The highest BCUT2D eigenvalue weighted by Gasteiger charge is 2.43. The minimum absolute atomic E-state index is 0.321. The Morgan fingerprint density at radius 2 is 2.18 bits per heavy atom. The lowest BCUT2D eigenvalue weighted by atomic mass is 9.89. The van der Waals surface area contributed by atoms with Gasteiger partial charge in [-0.25, -0.2) is 0 Å². The Balaban J connectivity index is 1.78. The number of carbonyl (C=O) groups excluding carboxylic acids is 1. The first-order valence-electron chi connectivity index (χ1n) is 7.19. The lowest BCUT2D eigenvalue weighted by molar-refractivity contribution is -0.130. The molecular weight excluding hydrogens is 210 g/mol. The number of carbonyl (C=O) groups is 1. The van der Waals surface area contributed by atoms with Gasteiger partial charge in [0.25, 0.3) is 0 Å². The average molecular weight is 235 g/mol. The van der Waals surface area contributed by atoms with Crippen molar-refractivity contribution < 1.29 is 4.79 Å². The summed E-state index contributed by atoms with van der Waals surface area (Å²) in [7, 11) is 0. The van der Waals surface area contributed by atoms with Crippen LogP contribution in [0, 0.1) is 17.8 Å². The van der Waals surface area contributed by atoms with Crippen molar-refractivity contribution in [1.82, 2.24) is 4.90 Å². The van der Waals surface area contributed by atoms with Gasteiger partial charge in [-0.15, -0.1) is 0 Å². The fraction of sp³-hybridized carbons (Fsp3) is 0.800. The zero-order chi connectivity index (χ0) is 12.3. The van der Waals surface area contributed by atoms with E-state index < -0.39 is 0 Å². The van der Waals surface area contributed by atoms with Crippen molar-refractivity contribution >= 4 is 5.91 Å². The lowest BCUT2D eigenvalue weighted by Crippen LogP contribution is -2.32. The first-order chi connectivity index (χ1) is 8.26. The third kappa shape index (κ3) is 3.11. The molecule has 2 aliphatic rings. The molecule has 2 rings (SSSR count). The summed E-state index contributed by atoms with van der Waals surface area (Å²) in [5.41, 5.74) is 0. The number of hydrogen-bond donors (Lipinski definition) is 0. The van der Waals surface area contributed by atoms with Crippen LogP contribution in [0.1, 0.15) is 46.0 Å². The molecule has 3 atom stereocenters. The van der Waals surface area contributed by atoms with E-state index in [9.17, 15) is 4.79 Å². The van der Waals surface area contributed by atoms with Crippen molar-refractivity contribution in [3.05, 3.63) is 12.2 Å². The molecule has 0 N–H and O–H groups in total. The number of allylic oxidation sites excluding steroid dienone is 2. The molecule has 1 amide bonds. The van der Waals surface area contributed by atoms with Gasteiger partial charge in [-0.3, -0.25) is 4.79 Å². The van der Waals surface area contributed by atoms with Crippen LogP contribution < -0.4 is 0 Å². The second-order valence-corrected chi connectivity index (χ2v) is 5.49. The second-order valence-electron chi connectivity index (χ2n) is 5.49. The Labute approximate surface area is 105 Å². The SMILES string of the molecule is CCC(=O)N(CC)CC1CC1C1CC=CCC1. The number of amides is 1. The second kappa shape index (κ2) is 5.70. The summed E-state index contributed by atoms with van der Waals surface area (Å²) in [6.07, 6.45) is 10.6. The van der Waals surface area contributed by atoms with Gasteiger partial charge >= 0.3 is 0 Å². The van der Waals surface area contributed by atoms with E-state index in [1.54, 1.807) is 0 Å². The molecule has 96 valence electrons. The summed E-state index contributed by atoms with van der Waals surface area (Å²) in [5.74, 6) is 2.92. The van der Waals surface area contributed by atoms with Crippen molar-refractivity contribution in [1.29, 1.82) is 0 Å². The molecule has 0 spiro atoms. The molecule has 0 aliphatic heterocycles.